The van der Waals surface area contributed by atoms with E-state index < -0.39 is 6.36 Å². The second kappa shape index (κ2) is 7.87. The normalized spacial score (nSPS) is 12.8. The van der Waals surface area contributed by atoms with Crippen LogP contribution in [0.3, 0.4) is 0 Å². The maximum absolute atomic E-state index is 12.1. The molecule has 0 saturated carbocycles. The predicted molar refractivity (Wildman–Crippen MR) is 70.8 cm³/mol. The first-order valence-corrected chi connectivity index (χ1v) is 6.60. The van der Waals surface area contributed by atoms with Gasteiger partial charge in [0, 0.05) is 6.04 Å². The highest BCUT2D eigenvalue weighted by Gasteiger charge is 2.31. The molecule has 21 heavy (non-hydrogen) atoms. The number of carbonyl (C=O) groups excluding carboxylic acids is 1. The lowest BCUT2D eigenvalue weighted by Crippen LogP contribution is -2.24. The molecule has 0 bridgehead atoms. The lowest BCUT2D eigenvalue weighted by molar-refractivity contribution is -0.274. The van der Waals surface area contributed by atoms with Crippen molar-refractivity contribution in [3.8, 4) is 5.75 Å². The van der Waals surface area contributed by atoms with Gasteiger partial charge in [0.15, 0.2) is 0 Å². The van der Waals surface area contributed by atoms with Gasteiger partial charge in [0.1, 0.15) is 5.75 Å². The van der Waals surface area contributed by atoms with E-state index in [1.165, 1.54) is 24.3 Å². The summed E-state index contributed by atoms with van der Waals surface area (Å²) in [6.07, 6.45) is -4.60. The van der Waals surface area contributed by atoms with Gasteiger partial charge in [-0.15, -0.1) is 13.2 Å². The summed E-state index contributed by atoms with van der Waals surface area (Å²) in [6.45, 7) is 4.49. The van der Waals surface area contributed by atoms with Gasteiger partial charge in [-0.2, -0.15) is 0 Å². The summed E-state index contributed by atoms with van der Waals surface area (Å²) in [4.78, 5) is 11.5. The van der Waals surface area contributed by atoms with Crippen LogP contribution in [0.1, 0.15) is 31.9 Å². The van der Waals surface area contributed by atoms with E-state index in [0.717, 1.165) is 0 Å². The molecule has 0 aliphatic rings. The average Bonchev–Trinajstić information content (AvgIpc) is 2.37. The van der Waals surface area contributed by atoms with E-state index in [1.54, 1.807) is 6.92 Å². The second-order valence-corrected chi connectivity index (χ2v) is 4.24. The molecule has 0 spiro atoms. The molecule has 0 fully saturated rings. The minimum absolute atomic E-state index is 0.112. The Hall–Kier alpha value is -1.76. The summed E-state index contributed by atoms with van der Waals surface area (Å²) in [5.41, 5.74) is 0.694. The molecule has 1 N–H and O–H groups in total. The van der Waals surface area contributed by atoms with E-state index in [0.29, 0.717) is 12.1 Å². The fourth-order valence-electron chi connectivity index (χ4n) is 1.84. The fraction of sp³-hybridized carbons (Fsp3) is 0.500. The Balaban J connectivity index is 2.77. The predicted octanol–water partition coefficient (Wildman–Crippen LogP) is 3.19. The lowest BCUT2D eigenvalue weighted by atomic mass is 10.0. The molecule has 0 amide bonds. The third kappa shape index (κ3) is 6.48. The number of ether oxygens (including phenoxy) is 2. The SMILES string of the molecule is CCNC(CC(=O)OCC)c1ccc(OC(F)(F)F)cc1. The van der Waals surface area contributed by atoms with Gasteiger partial charge >= 0.3 is 12.3 Å². The number of carbonyl (C=O) groups is 1. The van der Waals surface area contributed by atoms with Gasteiger partial charge in [0.2, 0.25) is 0 Å². The Labute approximate surface area is 121 Å². The number of alkyl halides is 3. The molecule has 7 heteroatoms. The summed E-state index contributed by atoms with van der Waals surface area (Å²) < 4.78 is 44.9. The van der Waals surface area contributed by atoms with Crippen LogP contribution in [0.25, 0.3) is 0 Å². The zero-order valence-corrected chi connectivity index (χ0v) is 11.9. The van der Waals surface area contributed by atoms with Crippen LogP contribution in [0.4, 0.5) is 13.2 Å². The monoisotopic (exact) mass is 305 g/mol. The summed E-state index contributed by atoms with van der Waals surface area (Å²) in [7, 11) is 0. The van der Waals surface area contributed by atoms with Crippen LogP contribution in [0.2, 0.25) is 0 Å². The lowest BCUT2D eigenvalue weighted by Gasteiger charge is -2.18. The highest BCUT2D eigenvalue weighted by Crippen LogP contribution is 2.25. The Bertz CT molecular complexity index is 446. The molecular weight excluding hydrogens is 287 g/mol. The highest BCUT2D eigenvalue weighted by atomic mass is 19.4. The molecule has 0 saturated heterocycles. The highest BCUT2D eigenvalue weighted by molar-refractivity contribution is 5.70. The van der Waals surface area contributed by atoms with Crippen molar-refractivity contribution in [2.24, 2.45) is 0 Å². The quantitative estimate of drug-likeness (QED) is 0.786. The zero-order chi connectivity index (χ0) is 15.9. The minimum atomic E-state index is -4.71. The topological polar surface area (TPSA) is 47.6 Å². The molecule has 0 radical (unpaired) electrons. The molecule has 1 aromatic carbocycles. The second-order valence-electron chi connectivity index (χ2n) is 4.24. The van der Waals surface area contributed by atoms with Crippen LogP contribution in [0, 0.1) is 0 Å². The Morgan fingerprint density at radius 2 is 1.86 bits per heavy atom. The summed E-state index contributed by atoms with van der Waals surface area (Å²) in [6, 6.07) is 5.12. The molecule has 0 heterocycles. The van der Waals surface area contributed by atoms with Crippen LogP contribution in [0.5, 0.6) is 5.75 Å². The van der Waals surface area contributed by atoms with Crippen LogP contribution >= 0.6 is 0 Å². The number of hydrogen-bond donors (Lipinski definition) is 1. The minimum Gasteiger partial charge on any atom is -0.466 e. The maximum atomic E-state index is 12.1. The van der Waals surface area contributed by atoms with Crippen LogP contribution in [-0.2, 0) is 9.53 Å². The van der Waals surface area contributed by atoms with E-state index in [1.807, 2.05) is 6.92 Å². The molecule has 1 aromatic rings. The van der Waals surface area contributed by atoms with E-state index >= 15 is 0 Å². The van der Waals surface area contributed by atoms with Crippen molar-refractivity contribution in [2.45, 2.75) is 32.7 Å². The first-order valence-electron chi connectivity index (χ1n) is 6.60. The number of benzene rings is 1. The first kappa shape index (κ1) is 17.3. The van der Waals surface area contributed by atoms with E-state index in [4.69, 9.17) is 4.74 Å². The molecule has 4 nitrogen and oxygen atoms in total. The molecule has 0 aliphatic carbocycles. The fourth-order valence-corrected chi connectivity index (χ4v) is 1.84. The van der Waals surface area contributed by atoms with Gasteiger partial charge in [-0.1, -0.05) is 19.1 Å². The number of rotatable bonds is 7. The molecule has 0 aromatic heterocycles. The Morgan fingerprint density at radius 3 is 2.33 bits per heavy atom. The third-order valence-corrected chi connectivity index (χ3v) is 2.64. The van der Waals surface area contributed by atoms with Crippen molar-refractivity contribution in [1.29, 1.82) is 0 Å². The van der Waals surface area contributed by atoms with Crippen molar-refractivity contribution < 1.29 is 27.4 Å². The van der Waals surface area contributed by atoms with Gasteiger partial charge in [-0.3, -0.25) is 4.79 Å². The molecule has 1 unspecified atom stereocenters. The summed E-state index contributed by atoms with van der Waals surface area (Å²) >= 11 is 0. The van der Waals surface area contributed by atoms with Crippen molar-refractivity contribution >= 4 is 5.97 Å². The zero-order valence-electron chi connectivity index (χ0n) is 11.9. The number of hydrogen-bond acceptors (Lipinski definition) is 4. The molecule has 0 aliphatic heterocycles. The molecular formula is C14H18F3NO3. The summed E-state index contributed by atoms with van der Waals surface area (Å²) in [5.74, 6) is -0.656. The third-order valence-electron chi connectivity index (χ3n) is 2.64. The number of nitrogens with one attached hydrogen (secondary N) is 1. The number of esters is 1. The molecule has 1 atom stereocenters. The Kier molecular flexibility index (Phi) is 6.48. The van der Waals surface area contributed by atoms with E-state index in [9.17, 15) is 18.0 Å². The maximum Gasteiger partial charge on any atom is 0.573 e. The van der Waals surface area contributed by atoms with Gasteiger partial charge in [0.25, 0.3) is 0 Å². The van der Waals surface area contributed by atoms with Gasteiger partial charge in [-0.05, 0) is 31.2 Å². The summed E-state index contributed by atoms with van der Waals surface area (Å²) in [5, 5.41) is 3.09. The van der Waals surface area contributed by atoms with Crippen molar-refractivity contribution in [2.75, 3.05) is 13.2 Å². The van der Waals surface area contributed by atoms with Crippen LogP contribution < -0.4 is 10.1 Å². The van der Waals surface area contributed by atoms with Gasteiger partial charge in [-0.25, -0.2) is 0 Å². The number of halogens is 3. The van der Waals surface area contributed by atoms with Crippen molar-refractivity contribution in [3.63, 3.8) is 0 Å². The molecule has 1 rings (SSSR count). The smallest absolute Gasteiger partial charge is 0.466 e. The van der Waals surface area contributed by atoms with E-state index in [2.05, 4.69) is 10.1 Å². The van der Waals surface area contributed by atoms with Crippen LogP contribution in [0.15, 0.2) is 24.3 Å². The van der Waals surface area contributed by atoms with Gasteiger partial charge in [0.05, 0.1) is 13.0 Å². The molecule has 118 valence electrons. The standard InChI is InChI=1S/C14H18F3NO3/c1-3-18-12(9-13(19)20-4-2)10-5-7-11(8-6-10)21-14(15,16)17/h5-8,12,18H,3-4,9H2,1-2H3. The Morgan fingerprint density at radius 1 is 1.24 bits per heavy atom. The largest absolute Gasteiger partial charge is 0.573 e. The average molecular weight is 305 g/mol. The van der Waals surface area contributed by atoms with E-state index in [-0.39, 0.29) is 30.8 Å². The van der Waals surface area contributed by atoms with Crippen molar-refractivity contribution in [1.82, 2.24) is 5.32 Å². The van der Waals surface area contributed by atoms with Crippen molar-refractivity contribution in [3.05, 3.63) is 29.8 Å². The van der Waals surface area contributed by atoms with Crippen LogP contribution in [-0.4, -0.2) is 25.5 Å². The first-order chi connectivity index (χ1) is 9.85. The van der Waals surface area contributed by atoms with Gasteiger partial charge < -0.3 is 14.8 Å².